The van der Waals surface area contributed by atoms with E-state index in [2.05, 4.69) is 21.2 Å². The Hall–Kier alpha value is -4.08. The molecule has 37 heavy (non-hydrogen) atoms. The van der Waals surface area contributed by atoms with Crippen LogP contribution in [0.15, 0.2) is 71.8 Å². The molecule has 192 valence electrons. The SMILES string of the molecule is CCOc1cc(/C=N\NC(=O)C(=O)NCc2ccccc2)ccc1OCC(=O)Nc1cccc(Cl)c1Cl. The molecule has 0 fully saturated rings. The van der Waals surface area contributed by atoms with Crippen LogP contribution in [0.5, 0.6) is 11.5 Å². The maximum absolute atomic E-state index is 12.3. The van der Waals surface area contributed by atoms with E-state index in [1.165, 1.54) is 6.21 Å². The first kappa shape index (κ1) is 27.5. The van der Waals surface area contributed by atoms with Gasteiger partial charge in [0, 0.05) is 6.54 Å². The summed E-state index contributed by atoms with van der Waals surface area (Å²) < 4.78 is 11.2. The Balaban J connectivity index is 1.54. The lowest BCUT2D eigenvalue weighted by Gasteiger charge is -2.13. The van der Waals surface area contributed by atoms with Crippen molar-refractivity contribution < 1.29 is 23.9 Å². The van der Waals surface area contributed by atoms with Crippen molar-refractivity contribution in [1.82, 2.24) is 10.7 Å². The van der Waals surface area contributed by atoms with Crippen LogP contribution in [0.1, 0.15) is 18.1 Å². The summed E-state index contributed by atoms with van der Waals surface area (Å²) in [6, 6.07) is 19.0. The number of hydrazone groups is 1. The highest BCUT2D eigenvalue weighted by atomic mass is 35.5. The average Bonchev–Trinajstić information content (AvgIpc) is 2.90. The first-order valence-corrected chi connectivity index (χ1v) is 11.9. The van der Waals surface area contributed by atoms with E-state index < -0.39 is 17.7 Å². The van der Waals surface area contributed by atoms with Crippen molar-refractivity contribution in [2.75, 3.05) is 18.5 Å². The fourth-order valence-corrected chi connectivity index (χ4v) is 3.34. The van der Waals surface area contributed by atoms with Gasteiger partial charge in [-0.2, -0.15) is 5.10 Å². The number of carbonyl (C=O) groups is 3. The summed E-state index contributed by atoms with van der Waals surface area (Å²) in [6.07, 6.45) is 1.35. The largest absolute Gasteiger partial charge is 0.490 e. The van der Waals surface area contributed by atoms with Gasteiger partial charge in [0.1, 0.15) is 0 Å². The Kier molecular flexibility index (Phi) is 10.3. The summed E-state index contributed by atoms with van der Waals surface area (Å²) in [5.74, 6) is -1.45. The standard InChI is InChI=1S/C26H24Cl2N4O5/c1-2-36-22-13-18(15-30-32-26(35)25(34)29-14-17-7-4-3-5-8-17)11-12-21(22)37-16-23(33)31-20-10-6-9-19(27)24(20)28/h3-13,15H,2,14,16H2,1H3,(H,29,34)(H,31,33)(H,32,35)/b30-15-. The van der Waals surface area contributed by atoms with Crippen LogP contribution >= 0.6 is 23.2 Å². The van der Waals surface area contributed by atoms with E-state index in [1.807, 2.05) is 30.3 Å². The maximum atomic E-state index is 12.3. The number of hydrogen-bond donors (Lipinski definition) is 3. The van der Waals surface area contributed by atoms with Gasteiger partial charge in [-0.05, 0) is 48.4 Å². The summed E-state index contributed by atoms with van der Waals surface area (Å²) in [7, 11) is 0. The number of anilines is 1. The van der Waals surface area contributed by atoms with Crippen LogP contribution in [0.4, 0.5) is 5.69 Å². The van der Waals surface area contributed by atoms with Gasteiger partial charge in [-0.25, -0.2) is 5.43 Å². The summed E-state index contributed by atoms with van der Waals surface area (Å²) in [5, 5.41) is 9.52. The summed E-state index contributed by atoms with van der Waals surface area (Å²) >= 11 is 12.1. The van der Waals surface area contributed by atoms with E-state index in [1.54, 1.807) is 43.3 Å². The summed E-state index contributed by atoms with van der Waals surface area (Å²) in [6.45, 7) is 2.07. The highest BCUT2D eigenvalue weighted by molar-refractivity contribution is 6.44. The molecule has 3 rings (SSSR count). The molecule has 3 aromatic carbocycles. The third-order valence-electron chi connectivity index (χ3n) is 4.73. The van der Waals surface area contributed by atoms with Crippen molar-refractivity contribution in [2.45, 2.75) is 13.5 Å². The van der Waals surface area contributed by atoms with Crippen LogP contribution in [0, 0.1) is 0 Å². The van der Waals surface area contributed by atoms with Crippen molar-refractivity contribution in [3.8, 4) is 11.5 Å². The lowest BCUT2D eigenvalue weighted by Crippen LogP contribution is -2.37. The normalized spacial score (nSPS) is 10.6. The number of rotatable bonds is 10. The molecule has 0 saturated heterocycles. The van der Waals surface area contributed by atoms with Gasteiger partial charge in [0.05, 0.1) is 28.6 Å². The lowest BCUT2D eigenvalue weighted by atomic mass is 10.2. The first-order chi connectivity index (χ1) is 17.9. The number of benzene rings is 3. The number of hydrogen-bond acceptors (Lipinski definition) is 6. The molecule has 0 atom stereocenters. The number of amides is 3. The fraction of sp³-hybridized carbons (Fsp3) is 0.154. The molecule has 0 unspecified atom stereocenters. The molecule has 0 aliphatic rings. The molecule has 3 amide bonds. The molecule has 0 spiro atoms. The predicted molar refractivity (Wildman–Crippen MR) is 142 cm³/mol. The minimum absolute atomic E-state index is 0.222. The van der Waals surface area contributed by atoms with Gasteiger partial charge >= 0.3 is 11.8 Å². The van der Waals surface area contributed by atoms with Crippen molar-refractivity contribution in [1.29, 1.82) is 0 Å². The number of halogens is 2. The number of carbonyl (C=O) groups excluding carboxylic acids is 3. The number of ether oxygens (including phenoxy) is 2. The van der Waals surface area contributed by atoms with Gasteiger partial charge in [0.2, 0.25) is 0 Å². The van der Waals surface area contributed by atoms with Gasteiger partial charge in [-0.15, -0.1) is 0 Å². The molecule has 9 nitrogen and oxygen atoms in total. The van der Waals surface area contributed by atoms with Crippen LogP contribution in [0.2, 0.25) is 10.0 Å². The minimum Gasteiger partial charge on any atom is -0.490 e. The second-order valence-corrected chi connectivity index (χ2v) is 8.23. The molecular weight excluding hydrogens is 519 g/mol. The van der Waals surface area contributed by atoms with Gasteiger partial charge in [0.25, 0.3) is 5.91 Å². The molecule has 0 aliphatic heterocycles. The van der Waals surface area contributed by atoms with E-state index in [9.17, 15) is 14.4 Å². The second-order valence-electron chi connectivity index (χ2n) is 7.44. The Labute approximate surface area is 223 Å². The topological polar surface area (TPSA) is 118 Å². The third kappa shape index (κ3) is 8.52. The highest BCUT2D eigenvalue weighted by Crippen LogP contribution is 2.30. The fourth-order valence-electron chi connectivity index (χ4n) is 3.00. The van der Waals surface area contributed by atoms with E-state index in [0.29, 0.717) is 34.4 Å². The van der Waals surface area contributed by atoms with Crippen molar-refractivity contribution in [2.24, 2.45) is 5.10 Å². The third-order valence-corrected chi connectivity index (χ3v) is 5.55. The van der Waals surface area contributed by atoms with E-state index in [0.717, 1.165) is 5.56 Å². The van der Waals surface area contributed by atoms with Crippen LogP contribution in [0.25, 0.3) is 0 Å². The van der Waals surface area contributed by atoms with E-state index >= 15 is 0 Å². The summed E-state index contributed by atoms with van der Waals surface area (Å²) in [5.41, 5.74) is 3.98. The van der Waals surface area contributed by atoms with E-state index in [4.69, 9.17) is 32.7 Å². The maximum Gasteiger partial charge on any atom is 0.329 e. The molecule has 3 N–H and O–H groups in total. The quantitative estimate of drug-likeness (QED) is 0.202. The zero-order chi connectivity index (χ0) is 26.6. The molecule has 0 saturated carbocycles. The molecule has 0 heterocycles. The van der Waals surface area contributed by atoms with E-state index in [-0.39, 0.29) is 18.2 Å². The second kappa shape index (κ2) is 13.9. The number of nitrogens with zero attached hydrogens (tertiary/aromatic N) is 1. The van der Waals surface area contributed by atoms with Crippen molar-refractivity contribution in [3.05, 3.63) is 87.9 Å². The van der Waals surface area contributed by atoms with Gasteiger partial charge in [-0.3, -0.25) is 14.4 Å². The molecule has 3 aromatic rings. The molecule has 0 aromatic heterocycles. The average molecular weight is 543 g/mol. The molecule has 0 aliphatic carbocycles. The van der Waals surface area contributed by atoms with Crippen LogP contribution < -0.4 is 25.5 Å². The van der Waals surface area contributed by atoms with Gasteiger partial charge in [0.15, 0.2) is 18.1 Å². The van der Waals surface area contributed by atoms with Crippen LogP contribution in [-0.4, -0.2) is 37.1 Å². The molecule has 0 radical (unpaired) electrons. The highest BCUT2D eigenvalue weighted by Gasteiger charge is 2.13. The molecular formula is C26H24Cl2N4O5. The van der Waals surface area contributed by atoms with Gasteiger partial charge in [-0.1, -0.05) is 59.6 Å². The Bertz CT molecular complexity index is 1290. The zero-order valence-corrected chi connectivity index (χ0v) is 21.3. The van der Waals surface area contributed by atoms with Gasteiger partial charge < -0.3 is 20.1 Å². The Morgan fingerprint density at radius 2 is 1.70 bits per heavy atom. The number of nitrogens with one attached hydrogen (secondary N) is 3. The Morgan fingerprint density at radius 1 is 0.919 bits per heavy atom. The smallest absolute Gasteiger partial charge is 0.329 e. The van der Waals surface area contributed by atoms with Crippen molar-refractivity contribution >= 4 is 52.8 Å². The summed E-state index contributed by atoms with van der Waals surface area (Å²) in [4.78, 5) is 36.2. The predicted octanol–water partition coefficient (Wildman–Crippen LogP) is 4.18. The first-order valence-electron chi connectivity index (χ1n) is 11.2. The Morgan fingerprint density at radius 3 is 2.46 bits per heavy atom. The lowest BCUT2D eigenvalue weighted by molar-refractivity contribution is -0.139. The van der Waals surface area contributed by atoms with Crippen LogP contribution in [-0.2, 0) is 20.9 Å². The van der Waals surface area contributed by atoms with Crippen LogP contribution in [0.3, 0.4) is 0 Å². The minimum atomic E-state index is -0.900. The molecule has 0 bridgehead atoms. The molecule has 11 heteroatoms. The van der Waals surface area contributed by atoms with Crippen molar-refractivity contribution in [3.63, 3.8) is 0 Å². The monoisotopic (exact) mass is 542 g/mol. The zero-order valence-electron chi connectivity index (χ0n) is 19.8.